The van der Waals surface area contributed by atoms with Crippen molar-refractivity contribution in [1.29, 1.82) is 0 Å². The maximum atomic E-state index is 2.44. The van der Waals surface area contributed by atoms with Crippen molar-refractivity contribution >= 4 is 167 Å². The van der Waals surface area contributed by atoms with E-state index < -0.39 is 0 Å². The topological polar surface area (TPSA) is 9.72 Å². The first-order chi connectivity index (χ1) is 70.1. The number of nitrogens with zero attached hydrogens (tertiary/aromatic N) is 3. The fourth-order valence-electron chi connectivity index (χ4n) is 23.0. The molecule has 143 heavy (non-hydrogen) atoms. The molecule has 0 N–H and O–H groups in total. The van der Waals surface area contributed by atoms with E-state index in [2.05, 4.69) is 548 Å². The molecule has 0 unspecified atom stereocenters. The summed E-state index contributed by atoms with van der Waals surface area (Å²) in [5, 5.41) is 12.9. The molecule has 28 rings (SSSR count). The Kier molecular flexibility index (Phi) is 21.2. The second-order valence-corrected chi connectivity index (χ2v) is 43.1. The SMILES string of the molecule is CC1(C)c2ccccc2-c2cc(N(c3ccc(-c4ccc5sc6ccccc6c5c4)cc3)c3cc(-c4ccccc4)cc(-c4ccccc4)c3)ccc21.CC1(C)c2ccccc2-c2cc(N(c3ccc(-c4ccc5sc6ccccc6c5c4)cc3)c3ccc4ccccc4c3)ccc21.CC1(C)c2ccccc2-c2cc(N(c3ccc(-c4ccc5sc6ccccc6c5c4)cc3)c3cccc4ccccc34)ccc21. The van der Waals surface area contributed by atoms with Gasteiger partial charge in [0.15, 0.2) is 0 Å². The van der Waals surface area contributed by atoms with Crippen molar-refractivity contribution in [3.05, 3.63) is 525 Å². The molecule has 0 fully saturated rings. The van der Waals surface area contributed by atoms with Gasteiger partial charge in [0, 0.05) is 128 Å². The Morgan fingerprint density at radius 2 is 0.434 bits per heavy atom. The van der Waals surface area contributed by atoms with Crippen molar-refractivity contribution < 1.29 is 0 Å². The van der Waals surface area contributed by atoms with Crippen LogP contribution < -0.4 is 14.7 Å². The largest absolute Gasteiger partial charge is 0.310 e. The first kappa shape index (κ1) is 86.7. The van der Waals surface area contributed by atoms with Crippen LogP contribution in [0.4, 0.5) is 51.2 Å². The summed E-state index contributed by atoms with van der Waals surface area (Å²) in [5.41, 5.74) is 38.6. The molecule has 6 heteroatoms. The van der Waals surface area contributed by atoms with Crippen LogP contribution in [0.15, 0.2) is 491 Å². The molecule has 3 aliphatic carbocycles. The van der Waals surface area contributed by atoms with Crippen LogP contribution in [0.5, 0.6) is 0 Å². The van der Waals surface area contributed by atoms with Gasteiger partial charge < -0.3 is 14.7 Å². The summed E-state index contributed by atoms with van der Waals surface area (Å²) in [5.74, 6) is 0. The van der Waals surface area contributed by atoms with E-state index in [0.29, 0.717) is 0 Å². The molecule has 0 spiro atoms. The van der Waals surface area contributed by atoms with Gasteiger partial charge in [-0.05, 0) is 302 Å². The summed E-state index contributed by atoms with van der Waals surface area (Å²) in [7, 11) is 0. The van der Waals surface area contributed by atoms with E-state index in [1.165, 1.54) is 210 Å². The molecule has 0 radical (unpaired) electrons. The summed E-state index contributed by atoms with van der Waals surface area (Å²) in [4.78, 5) is 7.27. The molecule has 0 atom stereocenters. The number of benzene rings is 22. The van der Waals surface area contributed by atoms with Crippen LogP contribution in [0.1, 0.15) is 74.9 Å². The smallest absolute Gasteiger partial charge is 0.0540 e. The van der Waals surface area contributed by atoms with Crippen molar-refractivity contribution in [3.8, 4) is 89.0 Å². The predicted octanol–water partition coefficient (Wildman–Crippen LogP) is 40.1. The highest BCUT2D eigenvalue weighted by Crippen LogP contribution is 2.57. The van der Waals surface area contributed by atoms with Crippen LogP contribution in [-0.4, -0.2) is 0 Å². The monoisotopic (exact) mass is 1880 g/mol. The van der Waals surface area contributed by atoms with Gasteiger partial charge in [-0.3, -0.25) is 0 Å². The Morgan fingerprint density at radius 1 is 0.147 bits per heavy atom. The first-order valence-corrected chi connectivity index (χ1v) is 52.0. The van der Waals surface area contributed by atoms with Crippen LogP contribution in [0.25, 0.3) is 171 Å². The highest BCUT2D eigenvalue weighted by molar-refractivity contribution is 7.26. The van der Waals surface area contributed by atoms with Crippen LogP contribution in [0.2, 0.25) is 0 Å². The van der Waals surface area contributed by atoms with Crippen LogP contribution in [-0.2, 0) is 16.2 Å². The molecule has 0 saturated carbocycles. The van der Waals surface area contributed by atoms with Crippen molar-refractivity contribution in [3.63, 3.8) is 0 Å². The van der Waals surface area contributed by atoms with Crippen molar-refractivity contribution in [1.82, 2.24) is 0 Å². The summed E-state index contributed by atoms with van der Waals surface area (Å²) in [6.07, 6.45) is 0. The second kappa shape index (κ2) is 35.0. The zero-order valence-electron chi connectivity index (χ0n) is 80.3. The lowest BCUT2D eigenvalue weighted by atomic mass is 9.82. The molecule has 0 amide bonds. The fraction of sp³-hybridized carbons (Fsp3) is 0.0657. The zero-order chi connectivity index (χ0) is 95.8. The molecule has 3 heterocycles. The number of hydrogen-bond acceptors (Lipinski definition) is 6. The average molecular weight is 1880 g/mol. The van der Waals surface area contributed by atoms with E-state index in [9.17, 15) is 0 Å². The molecule has 3 aliphatic rings. The summed E-state index contributed by atoms with van der Waals surface area (Å²) in [6.45, 7) is 14.1. The molecular weight excluding hydrogens is 1780 g/mol. The summed E-state index contributed by atoms with van der Waals surface area (Å²) >= 11 is 5.59. The van der Waals surface area contributed by atoms with E-state index >= 15 is 0 Å². The van der Waals surface area contributed by atoms with Crippen LogP contribution in [0.3, 0.4) is 0 Å². The van der Waals surface area contributed by atoms with Gasteiger partial charge in [-0.25, -0.2) is 0 Å². The fourth-order valence-corrected chi connectivity index (χ4v) is 26.3. The average Bonchev–Trinajstić information content (AvgIpc) is 1.61. The van der Waals surface area contributed by atoms with E-state index in [-0.39, 0.29) is 16.2 Å². The third-order valence-corrected chi connectivity index (χ3v) is 33.8. The van der Waals surface area contributed by atoms with Gasteiger partial charge in [0.25, 0.3) is 0 Å². The Hall–Kier alpha value is -16.6. The lowest BCUT2D eigenvalue weighted by Crippen LogP contribution is -2.15. The molecule has 680 valence electrons. The van der Waals surface area contributed by atoms with Crippen molar-refractivity contribution in [2.45, 2.75) is 57.8 Å². The van der Waals surface area contributed by atoms with E-state index in [1.54, 1.807) is 0 Å². The molecule has 3 nitrogen and oxygen atoms in total. The molecule has 3 aromatic heterocycles. The summed E-state index contributed by atoms with van der Waals surface area (Å²) in [6, 6.07) is 181. The molecule has 25 aromatic rings. The second-order valence-electron chi connectivity index (χ2n) is 39.8. The minimum absolute atomic E-state index is 0.0191. The number of hydrogen-bond donors (Lipinski definition) is 0. The van der Waals surface area contributed by atoms with E-state index in [1.807, 2.05) is 34.0 Å². The third kappa shape index (κ3) is 15.2. The van der Waals surface area contributed by atoms with E-state index in [4.69, 9.17) is 0 Å². The lowest BCUT2D eigenvalue weighted by Gasteiger charge is -2.28. The predicted molar refractivity (Wildman–Crippen MR) is 617 cm³/mol. The lowest BCUT2D eigenvalue weighted by molar-refractivity contribution is 0.660. The molecule has 0 saturated heterocycles. The van der Waals surface area contributed by atoms with Gasteiger partial charge in [-0.15, -0.1) is 34.0 Å². The van der Waals surface area contributed by atoms with Gasteiger partial charge in [-0.1, -0.05) is 369 Å². The zero-order valence-corrected chi connectivity index (χ0v) is 82.8. The first-order valence-electron chi connectivity index (χ1n) is 49.5. The minimum Gasteiger partial charge on any atom is -0.310 e. The molecule has 0 aliphatic heterocycles. The Balaban J connectivity index is 0.000000110. The van der Waals surface area contributed by atoms with Crippen LogP contribution >= 0.6 is 34.0 Å². The Labute approximate surface area is 846 Å². The number of rotatable bonds is 14. The van der Waals surface area contributed by atoms with Gasteiger partial charge in [0.1, 0.15) is 0 Å². The number of fused-ring (bicyclic) bond motifs is 20. The molecular formula is C137H99N3S3. The highest BCUT2D eigenvalue weighted by Gasteiger charge is 2.39. The standard InChI is InChI=1S/C51H37NS.2C43H31NS/c1-51(2)47-19-11-9-17-43(47)45-33-41(26-27-48(45)51)52(42-30-38(34-13-5-3-6-14-34)29-39(31-42)35-15-7-4-8-16-35)40-24-21-36(22-25-40)37-23-28-50-46(32-37)44-18-10-12-20-49(44)53-50;1-43(2)38-15-7-5-13-34(38)36-27-32(23-24-39(36)43)44(40-16-9-11-29-10-3-4-12-33(29)40)31-21-18-28(19-22-31)30-20-25-42-37(26-30)35-14-6-8-17-41(35)45-42;1-43(2)39-13-7-5-11-35(39)37-27-34(22-23-40(37)43)44(33-21-17-28-9-3-4-10-30(28)25-33)32-19-15-29(16-20-32)31-18-24-42-38(26-31)36-12-6-8-14-41(36)45-42/h3-33H,1-2H3;2*3-27H,1-2H3. The quantitative estimate of drug-likeness (QED) is 0.107. The maximum absolute atomic E-state index is 2.44. The van der Waals surface area contributed by atoms with Gasteiger partial charge in [0.05, 0.1) is 5.69 Å². The van der Waals surface area contributed by atoms with E-state index in [0.717, 1.165) is 45.5 Å². The van der Waals surface area contributed by atoms with Crippen LogP contribution in [0, 0.1) is 0 Å². The third-order valence-electron chi connectivity index (χ3n) is 30.4. The van der Waals surface area contributed by atoms with Gasteiger partial charge in [0.2, 0.25) is 0 Å². The Bertz CT molecular complexity index is 9250. The van der Waals surface area contributed by atoms with Gasteiger partial charge in [-0.2, -0.15) is 0 Å². The van der Waals surface area contributed by atoms with Gasteiger partial charge >= 0.3 is 0 Å². The van der Waals surface area contributed by atoms with Crippen molar-refractivity contribution in [2.75, 3.05) is 14.7 Å². The number of thiophene rings is 3. The minimum atomic E-state index is -0.0560. The maximum Gasteiger partial charge on any atom is 0.0540 e. The summed E-state index contributed by atoms with van der Waals surface area (Å²) < 4.78 is 8.00. The number of anilines is 9. The molecule has 0 bridgehead atoms. The van der Waals surface area contributed by atoms with Crippen molar-refractivity contribution in [2.24, 2.45) is 0 Å². The normalized spacial score (nSPS) is 13.1. The Morgan fingerprint density at radius 3 is 0.853 bits per heavy atom. The molecule has 22 aromatic carbocycles. The highest BCUT2D eigenvalue weighted by atomic mass is 32.1.